The lowest BCUT2D eigenvalue weighted by Gasteiger charge is -2.26. The van der Waals surface area contributed by atoms with E-state index in [2.05, 4.69) is 43.8 Å². The highest BCUT2D eigenvalue weighted by Crippen LogP contribution is 2.32. The molecule has 1 N–H and O–H groups in total. The number of urea groups is 1. The second-order valence-electron chi connectivity index (χ2n) is 7.75. The van der Waals surface area contributed by atoms with Gasteiger partial charge in [-0.3, -0.25) is 14.9 Å². The van der Waals surface area contributed by atoms with Gasteiger partial charge in [0.05, 0.1) is 12.8 Å². The number of benzene rings is 3. The van der Waals surface area contributed by atoms with E-state index in [9.17, 15) is 14.4 Å². The van der Waals surface area contributed by atoms with E-state index < -0.39 is 17.8 Å². The molecule has 0 saturated carbocycles. The molecule has 0 spiro atoms. The fourth-order valence-corrected chi connectivity index (χ4v) is 4.89. The van der Waals surface area contributed by atoms with Gasteiger partial charge in [-0.1, -0.05) is 51.8 Å². The van der Waals surface area contributed by atoms with Gasteiger partial charge in [-0.2, -0.15) is 0 Å². The van der Waals surface area contributed by atoms with Crippen LogP contribution in [0.15, 0.2) is 70.7 Å². The first-order chi connectivity index (χ1) is 16.3. The average Bonchev–Trinajstić information content (AvgIpc) is 2.80. The van der Waals surface area contributed by atoms with Crippen LogP contribution in [0.2, 0.25) is 0 Å². The van der Waals surface area contributed by atoms with Crippen molar-refractivity contribution in [2.75, 3.05) is 12.0 Å². The maximum Gasteiger partial charge on any atom is 0.335 e. The largest absolute Gasteiger partial charge is 0.496 e. The zero-order valence-corrected chi connectivity index (χ0v) is 22.1. The Morgan fingerprint density at radius 3 is 2.44 bits per heavy atom. The summed E-state index contributed by atoms with van der Waals surface area (Å²) in [4.78, 5) is 39.1. The predicted molar refractivity (Wildman–Crippen MR) is 143 cm³/mol. The number of carbonyl (C=O) groups excluding carboxylic acids is 3. The van der Waals surface area contributed by atoms with Crippen LogP contribution in [0.4, 0.5) is 10.5 Å². The molecule has 0 aromatic heterocycles. The van der Waals surface area contributed by atoms with Gasteiger partial charge < -0.3 is 4.74 Å². The van der Waals surface area contributed by atoms with Gasteiger partial charge in [0.25, 0.3) is 11.8 Å². The molecular formula is C26H20BrIN2O4. The molecule has 34 heavy (non-hydrogen) atoms. The number of methoxy groups -OCH3 is 1. The quantitative estimate of drug-likeness (QED) is 0.225. The molecule has 1 fully saturated rings. The summed E-state index contributed by atoms with van der Waals surface area (Å²) >= 11 is 5.81. The zero-order valence-electron chi connectivity index (χ0n) is 18.4. The number of halogens is 2. The third kappa shape index (κ3) is 4.92. The average molecular weight is 631 g/mol. The Labute approximate surface area is 219 Å². The number of imide groups is 2. The molecule has 0 radical (unpaired) electrons. The third-order valence-corrected chi connectivity index (χ3v) is 7.16. The van der Waals surface area contributed by atoms with E-state index in [0.717, 1.165) is 29.6 Å². The van der Waals surface area contributed by atoms with Crippen molar-refractivity contribution in [2.45, 2.75) is 13.3 Å². The minimum absolute atomic E-state index is 0.128. The van der Waals surface area contributed by atoms with E-state index in [0.29, 0.717) is 23.4 Å². The highest BCUT2D eigenvalue weighted by Gasteiger charge is 2.36. The number of carbonyl (C=O) groups is 3. The van der Waals surface area contributed by atoms with Gasteiger partial charge in [0.1, 0.15) is 11.3 Å². The highest BCUT2D eigenvalue weighted by atomic mass is 127. The summed E-state index contributed by atoms with van der Waals surface area (Å²) in [5, 5.41) is 2.26. The highest BCUT2D eigenvalue weighted by molar-refractivity contribution is 14.1. The summed E-state index contributed by atoms with van der Waals surface area (Å²) < 4.78 is 7.57. The lowest BCUT2D eigenvalue weighted by Crippen LogP contribution is -2.54. The maximum atomic E-state index is 13.2. The summed E-state index contributed by atoms with van der Waals surface area (Å²) in [5.41, 5.74) is 3.98. The number of ether oxygens (including phenoxy) is 1. The second-order valence-corrected chi connectivity index (χ2v) is 9.76. The first-order valence-corrected chi connectivity index (χ1v) is 12.2. The fraction of sp³-hybridized carbons (Fsp3) is 0.115. The molecule has 0 bridgehead atoms. The zero-order chi connectivity index (χ0) is 24.4. The summed E-state index contributed by atoms with van der Waals surface area (Å²) in [6.45, 7) is 1.91. The number of nitrogens with zero attached hydrogens (tertiary/aromatic N) is 1. The molecule has 6 nitrogen and oxygen atoms in total. The van der Waals surface area contributed by atoms with Crippen molar-refractivity contribution in [3.05, 3.63) is 96.5 Å². The number of hydrogen-bond acceptors (Lipinski definition) is 4. The van der Waals surface area contributed by atoms with Crippen molar-refractivity contribution < 1.29 is 19.1 Å². The molecule has 172 valence electrons. The molecule has 1 saturated heterocycles. The van der Waals surface area contributed by atoms with Crippen molar-refractivity contribution in [2.24, 2.45) is 0 Å². The summed E-state index contributed by atoms with van der Waals surface area (Å²) in [6, 6.07) is 17.8. The first-order valence-electron chi connectivity index (χ1n) is 10.4. The van der Waals surface area contributed by atoms with Crippen molar-refractivity contribution in [3.63, 3.8) is 0 Å². The van der Waals surface area contributed by atoms with Crippen LogP contribution in [0.5, 0.6) is 5.75 Å². The van der Waals surface area contributed by atoms with Crippen LogP contribution in [-0.4, -0.2) is 25.0 Å². The standard InChI is InChI=1S/C26H20BrIN2O4/c1-15-7-9-18(10-8-15)30-25(32)20(24(31)29-26(30)33)11-16-12-22(28)19(23(13-16)34-2)14-17-5-3-4-6-21(17)27/h3-13H,14H2,1-2H3,(H,29,31,33)/b20-11+. The Kier molecular flexibility index (Phi) is 7.18. The number of nitrogens with one attached hydrogen (secondary N) is 1. The van der Waals surface area contributed by atoms with Gasteiger partial charge in [0, 0.05) is 20.0 Å². The molecule has 1 aliphatic heterocycles. The lowest BCUT2D eigenvalue weighted by molar-refractivity contribution is -0.122. The molecule has 1 heterocycles. The Morgan fingerprint density at radius 2 is 1.76 bits per heavy atom. The third-order valence-electron chi connectivity index (χ3n) is 5.43. The van der Waals surface area contributed by atoms with E-state index in [1.807, 2.05) is 37.3 Å². The first kappa shape index (κ1) is 24.2. The van der Waals surface area contributed by atoms with Crippen LogP contribution in [0.1, 0.15) is 22.3 Å². The van der Waals surface area contributed by atoms with Gasteiger partial charge in [-0.05, 0) is 77.0 Å². The maximum absolute atomic E-state index is 13.2. The molecule has 8 heteroatoms. The Morgan fingerprint density at radius 1 is 1.06 bits per heavy atom. The Balaban J connectivity index is 1.71. The topological polar surface area (TPSA) is 75.7 Å². The predicted octanol–water partition coefficient (Wildman–Crippen LogP) is 5.63. The molecule has 3 aromatic rings. The van der Waals surface area contributed by atoms with Gasteiger partial charge >= 0.3 is 6.03 Å². The lowest BCUT2D eigenvalue weighted by atomic mass is 10.0. The van der Waals surface area contributed by atoms with Crippen LogP contribution in [-0.2, 0) is 16.0 Å². The second kappa shape index (κ2) is 10.1. The monoisotopic (exact) mass is 630 g/mol. The van der Waals surface area contributed by atoms with Crippen molar-refractivity contribution in [3.8, 4) is 5.75 Å². The Bertz CT molecular complexity index is 1340. The smallest absolute Gasteiger partial charge is 0.335 e. The normalized spacial score (nSPS) is 15.0. The molecular weight excluding hydrogens is 611 g/mol. The molecule has 1 aliphatic rings. The fourth-order valence-electron chi connectivity index (χ4n) is 3.65. The van der Waals surface area contributed by atoms with Gasteiger partial charge in [-0.15, -0.1) is 0 Å². The van der Waals surface area contributed by atoms with Gasteiger partial charge in [0.15, 0.2) is 0 Å². The van der Waals surface area contributed by atoms with E-state index in [-0.39, 0.29) is 5.57 Å². The van der Waals surface area contributed by atoms with Crippen LogP contribution in [0, 0.1) is 10.5 Å². The summed E-state index contributed by atoms with van der Waals surface area (Å²) in [5.74, 6) is -0.766. The van der Waals surface area contributed by atoms with E-state index in [1.165, 1.54) is 6.08 Å². The van der Waals surface area contributed by atoms with E-state index in [1.54, 1.807) is 37.4 Å². The minimum Gasteiger partial charge on any atom is -0.496 e. The number of hydrogen-bond donors (Lipinski definition) is 1. The number of amides is 4. The minimum atomic E-state index is -0.771. The van der Waals surface area contributed by atoms with Crippen molar-refractivity contribution >= 4 is 68.1 Å². The number of aryl methyl sites for hydroxylation is 1. The SMILES string of the molecule is COc1cc(/C=C2\C(=O)NC(=O)N(c3ccc(C)cc3)C2=O)cc(I)c1Cc1ccccc1Br. The van der Waals surface area contributed by atoms with Crippen LogP contribution < -0.4 is 15.0 Å². The molecule has 4 rings (SSSR count). The summed E-state index contributed by atoms with van der Waals surface area (Å²) in [7, 11) is 1.59. The summed E-state index contributed by atoms with van der Waals surface area (Å²) in [6.07, 6.45) is 2.13. The number of barbiturate groups is 1. The molecule has 0 aliphatic carbocycles. The molecule has 4 amide bonds. The van der Waals surface area contributed by atoms with Gasteiger partial charge in [-0.25, -0.2) is 9.69 Å². The van der Waals surface area contributed by atoms with Gasteiger partial charge in [0.2, 0.25) is 0 Å². The Hall–Kier alpha value is -2.98. The number of anilines is 1. The molecule has 3 aromatic carbocycles. The van der Waals surface area contributed by atoms with Crippen LogP contribution in [0.3, 0.4) is 0 Å². The molecule has 0 unspecified atom stereocenters. The van der Waals surface area contributed by atoms with E-state index in [4.69, 9.17) is 4.74 Å². The van der Waals surface area contributed by atoms with E-state index >= 15 is 0 Å². The van der Waals surface area contributed by atoms with Crippen molar-refractivity contribution in [1.82, 2.24) is 5.32 Å². The van der Waals surface area contributed by atoms with Crippen LogP contribution in [0.25, 0.3) is 6.08 Å². The van der Waals surface area contributed by atoms with Crippen LogP contribution >= 0.6 is 38.5 Å². The van der Waals surface area contributed by atoms with Crippen molar-refractivity contribution in [1.29, 1.82) is 0 Å². The molecule has 0 atom stereocenters. The number of rotatable bonds is 5.